The molecule has 1 fully saturated rings. The van der Waals surface area contributed by atoms with Crippen LogP contribution >= 0.6 is 0 Å². The van der Waals surface area contributed by atoms with E-state index in [1.54, 1.807) is 12.1 Å². The van der Waals surface area contributed by atoms with Crippen molar-refractivity contribution in [2.45, 2.75) is 19.8 Å². The Morgan fingerprint density at radius 3 is 2.37 bits per heavy atom. The standard InChI is InChI=1S/C20H24N4O5S/c1-15-18(6-5-7-19(15)24(26)27)23(30(2,28)29)14-20(25)21-16-8-10-17(11-9-16)22-12-3-4-13-22/h5-11H,3-4,12-14H2,1-2H3,(H,21,25). The summed E-state index contributed by atoms with van der Waals surface area (Å²) in [6, 6.07) is 11.5. The number of sulfonamides is 1. The minimum Gasteiger partial charge on any atom is -0.372 e. The maximum Gasteiger partial charge on any atom is 0.274 e. The summed E-state index contributed by atoms with van der Waals surface area (Å²) in [4.78, 5) is 25.4. The lowest BCUT2D eigenvalue weighted by atomic mass is 10.1. The molecule has 1 amide bonds. The zero-order valence-electron chi connectivity index (χ0n) is 16.9. The molecule has 0 atom stereocenters. The van der Waals surface area contributed by atoms with Crippen molar-refractivity contribution in [1.82, 2.24) is 0 Å². The summed E-state index contributed by atoms with van der Waals surface area (Å²) in [6.07, 6.45) is 3.29. The molecule has 2 aromatic carbocycles. The van der Waals surface area contributed by atoms with Crippen LogP contribution in [0.15, 0.2) is 42.5 Å². The van der Waals surface area contributed by atoms with Crippen LogP contribution in [0.5, 0.6) is 0 Å². The van der Waals surface area contributed by atoms with E-state index in [4.69, 9.17) is 0 Å². The Hall–Kier alpha value is -3.14. The Labute approximate surface area is 175 Å². The van der Waals surface area contributed by atoms with Crippen LogP contribution in [-0.2, 0) is 14.8 Å². The molecule has 0 unspecified atom stereocenters. The number of hydrogen-bond acceptors (Lipinski definition) is 6. The highest BCUT2D eigenvalue weighted by Gasteiger charge is 2.25. The van der Waals surface area contributed by atoms with Gasteiger partial charge in [0.05, 0.1) is 22.4 Å². The predicted molar refractivity (Wildman–Crippen MR) is 117 cm³/mol. The van der Waals surface area contributed by atoms with E-state index in [1.165, 1.54) is 25.1 Å². The fraction of sp³-hybridized carbons (Fsp3) is 0.350. The molecule has 160 valence electrons. The van der Waals surface area contributed by atoms with E-state index in [0.717, 1.165) is 42.2 Å². The normalized spacial score (nSPS) is 13.9. The molecule has 1 aliphatic heterocycles. The summed E-state index contributed by atoms with van der Waals surface area (Å²) in [6.45, 7) is 2.99. The summed E-state index contributed by atoms with van der Waals surface area (Å²) in [5.41, 5.74) is 1.70. The zero-order chi connectivity index (χ0) is 21.9. The molecule has 0 bridgehead atoms. The first-order valence-electron chi connectivity index (χ1n) is 9.53. The average molecular weight is 433 g/mol. The molecule has 0 saturated carbocycles. The van der Waals surface area contributed by atoms with E-state index < -0.39 is 27.4 Å². The monoisotopic (exact) mass is 432 g/mol. The number of nitro groups is 1. The minimum atomic E-state index is -3.84. The van der Waals surface area contributed by atoms with Gasteiger partial charge in [-0.15, -0.1) is 0 Å². The van der Waals surface area contributed by atoms with Gasteiger partial charge in [0, 0.05) is 30.5 Å². The molecule has 1 aliphatic rings. The van der Waals surface area contributed by atoms with Crippen LogP contribution in [0.25, 0.3) is 0 Å². The van der Waals surface area contributed by atoms with Gasteiger partial charge >= 0.3 is 0 Å². The molecular weight excluding hydrogens is 408 g/mol. The lowest BCUT2D eigenvalue weighted by Gasteiger charge is -2.23. The van der Waals surface area contributed by atoms with Crippen molar-refractivity contribution < 1.29 is 18.1 Å². The van der Waals surface area contributed by atoms with Crippen molar-refractivity contribution in [2.75, 3.05) is 40.4 Å². The van der Waals surface area contributed by atoms with E-state index in [-0.39, 0.29) is 16.9 Å². The topological polar surface area (TPSA) is 113 Å². The van der Waals surface area contributed by atoms with Crippen molar-refractivity contribution in [2.24, 2.45) is 0 Å². The van der Waals surface area contributed by atoms with Crippen LogP contribution in [-0.4, -0.2) is 45.1 Å². The van der Waals surface area contributed by atoms with Crippen molar-refractivity contribution in [3.63, 3.8) is 0 Å². The van der Waals surface area contributed by atoms with Gasteiger partial charge in [-0.25, -0.2) is 8.42 Å². The molecule has 0 aliphatic carbocycles. The van der Waals surface area contributed by atoms with Crippen LogP contribution in [0, 0.1) is 17.0 Å². The summed E-state index contributed by atoms with van der Waals surface area (Å²) in [7, 11) is -3.84. The Kier molecular flexibility index (Phi) is 6.25. The molecule has 30 heavy (non-hydrogen) atoms. The first-order valence-corrected chi connectivity index (χ1v) is 11.4. The van der Waals surface area contributed by atoms with Crippen LogP contribution in [0.3, 0.4) is 0 Å². The highest BCUT2D eigenvalue weighted by atomic mass is 32.2. The van der Waals surface area contributed by atoms with Crippen molar-refractivity contribution in [1.29, 1.82) is 0 Å². The minimum absolute atomic E-state index is 0.103. The Morgan fingerprint density at radius 1 is 1.17 bits per heavy atom. The first-order chi connectivity index (χ1) is 14.2. The third-order valence-corrected chi connectivity index (χ3v) is 6.18. The highest BCUT2D eigenvalue weighted by molar-refractivity contribution is 7.92. The third-order valence-electron chi connectivity index (χ3n) is 5.05. The fourth-order valence-corrected chi connectivity index (χ4v) is 4.43. The number of amides is 1. The second-order valence-corrected chi connectivity index (χ2v) is 9.14. The van der Waals surface area contributed by atoms with Crippen molar-refractivity contribution >= 4 is 38.7 Å². The number of carbonyl (C=O) groups is 1. The number of benzene rings is 2. The van der Waals surface area contributed by atoms with Gasteiger partial charge in [-0.3, -0.25) is 19.2 Å². The van der Waals surface area contributed by atoms with E-state index in [9.17, 15) is 23.3 Å². The van der Waals surface area contributed by atoms with Crippen molar-refractivity contribution in [3.05, 3.63) is 58.1 Å². The number of nitrogens with zero attached hydrogens (tertiary/aromatic N) is 3. The van der Waals surface area contributed by atoms with Crippen LogP contribution < -0.4 is 14.5 Å². The summed E-state index contributed by atoms with van der Waals surface area (Å²) in [5.74, 6) is -0.541. The molecular formula is C20H24N4O5S. The molecule has 1 heterocycles. The van der Waals surface area contributed by atoms with Gasteiger partial charge in [-0.05, 0) is 50.1 Å². The predicted octanol–water partition coefficient (Wildman–Crippen LogP) is 2.91. The SMILES string of the molecule is Cc1c(N(CC(=O)Nc2ccc(N3CCCC3)cc2)S(C)(=O)=O)cccc1[N+](=O)[O-]. The van der Waals surface area contributed by atoms with Crippen LogP contribution in [0.2, 0.25) is 0 Å². The van der Waals surface area contributed by atoms with Gasteiger partial charge in [-0.2, -0.15) is 0 Å². The Bertz CT molecular complexity index is 1050. The van der Waals surface area contributed by atoms with Gasteiger partial charge in [0.15, 0.2) is 0 Å². The van der Waals surface area contributed by atoms with Gasteiger partial charge in [0.1, 0.15) is 6.54 Å². The van der Waals surface area contributed by atoms with E-state index in [2.05, 4.69) is 10.2 Å². The number of nitro benzene ring substituents is 1. The van der Waals surface area contributed by atoms with Crippen LogP contribution in [0.1, 0.15) is 18.4 Å². The largest absolute Gasteiger partial charge is 0.372 e. The molecule has 2 aromatic rings. The molecule has 0 radical (unpaired) electrons. The zero-order valence-corrected chi connectivity index (χ0v) is 17.7. The van der Waals surface area contributed by atoms with E-state index in [0.29, 0.717) is 5.69 Å². The average Bonchev–Trinajstić information content (AvgIpc) is 3.21. The fourth-order valence-electron chi connectivity index (χ4n) is 3.52. The van der Waals surface area contributed by atoms with E-state index in [1.807, 2.05) is 12.1 Å². The lowest BCUT2D eigenvalue weighted by Crippen LogP contribution is -2.38. The molecule has 9 nitrogen and oxygen atoms in total. The molecule has 0 spiro atoms. The molecule has 3 rings (SSSR count). The van der Waals surface area contributed by atoms with Gasteiger partial charge in [-0.1, -0.05) is 6.07 Å². The number of carbonyl (C=O) groups excluding carboxylic acids is 1. The van der Waals surface area contributed by atoms with Gasteiger partial charge < -0.3 is 10.2 Å². The summed E-state index contributed by atoms with van der Waals surface area (Å²) in [5, 5.41) is 13.9. The lowest BCUT2D eigenvalue weighted by molar-refractivity contribution is -0.385. The molecule has 0 aromatic heterocycles. The maximum atomic E-state index is 12.6. The Balaban J connectivity index is 1.77. The number of nitrogens with one attached hydrogen (secondary N) is 1. The maximum absolute atomic E-state index is 12.6. The number of hydrogen-bond donors (Lipinski definition) is 1. The van der Waals surface area contributed by atoms with Gasteiger partial charge in [0.2, 0.25) is 15.9 Å². The highest BCUT2D eigenvalue weighted by Crippen LogP contribution is 2.30. The molecule has 1 saturated heterocycles. The third kappa shape index (κ3) is 4.88. The van der Waals surface area contributed by atoms with Crippen molar-refractivity contribution in [3.8, 4) is 0 Å². The number of anilines is 3. The smallest absolute Gasteiger partial charge is 0.274 e. The molecule has 1 N–H and O–H groups in total. The first kappa shape index (κ1) is 21.6. The second kappa shape index (κ2) is 8.70. The Morgan fingerprint density at radius 2 is 1.80 bits per heavy atom. The van der Waals surface area contributed by atoms with Crippen LogP contribution in [0.4, 0.5) is 22.7 Å². The quantitative estimate of drug-likeness (QED) is 0.532. The van der Waals surface area contributed by atoms with E-state index >= 15 is 0 Å². The summed E-state index contributed by atoms with van der Waals surface area (Å²) >= 11 is 0. The summed E-state index contributed by atoms with van der Waals surface area (Å²) < 4.78 is 25.5. The number of rotatable bonds is 7. The van der Waals surface area contributed by atoms with Gasteiger partial charge in [0.25, 0.3) is 5.69 Å². The second-order valence-electron chi connectivity index (χ2n) is 7.24. The molecule has 10 heteroatoms.